The minimum Gasteiger partial charge on any atom is -0.491 e. The maximum absolute atomic E-state index is 10.7. The Morgan fingerprint density at radius 1 is 1.53 bits per heavy atom. The summed E-state index contributed by atoms with van der Waals surface area (Å²) in [5.74, 6) is 0.0239. The third-order valence-electron chi connectivity index (χ3n) is 2.87. The SMILES string of the molecule is Cc1cc(OCC2COC(C)(C)O2)ccc1[N+](=O)[O-]. The summed E-state index contributed by atoms with van der Waals surface area (Å²) in [5, 5.41) is 10.7. The van der Waals surface area contributed by atoms with Gasteiger partial charge >= 0.3 is 0 Å². The Bertz CT molecular complexity index is 486. The zero-order chi connectivity index (χ0) is 14.0. The van der Waals surface area contributed by atoms with Gasteiger partial charge in [0.2, 0.25) is 0 Å². The molecule has 2 rings (SSSR count). The van der Waals surface area contributed by atoms with Crippen LogP contribution in [0.1, 0.15) is 19.4 Å². The lowest BCUT2D eigenvalue weighted by Gasteiger charge is -2.17. The second-order valence-corrected chi connectivity index (χ2v) is 4.97. The highest BCUT2D eigenvalue weighted by Crippen LogP contribution is 2.25. The van der Waals surface area contributed by atoms with Gasteiger partial charge in [-0.25, -0.2) is 0 Å². The Kier molecular flexibility index (Phi) is 3.73. The predicted octanol–water partition coefficient (Wildman–Crippen LogP) is 2.43. The van der Waals surface area contributed by atoms with E-state index in [9.17, 15) is 10.1 Å². The number of hydrogen-bond acceptors (Lipinski definition) is 5. The molecule has 0 aromatic heterocycles. The topological polar surface area (TPSA) is 70.8 Å². The molecule has 6 heteroatoms. The number of benzene rings is 1. The highest BCUT2D eigenvalue weighted by molar-refractivity contribution is 5.44. The Labute approximate surface area is 111 Å². The second kappa shape index (κ2) is 5.14. The number of aryl methyl sites for hydroxylation is 1. The van der Waals surface area contributed by atoms with Gasteiger partial charge in [0.15, 0.2) is 5.79 Å². The van der Waals surface area contributed by atoms with Gasteiger partial charge in [0.05, 0.1) is 11.5 Å². The van der Waals surface area contributed by atoms with Crippen molar-refractivity contribution in [3.63, 3.8) is 0 Å². The molecule has 6 nitrogen and oxygen atoms in total. The maximum atomic E-state index is 10.7. The van der Waals surface area contributed by atoms with E-state index in [-0.39, 0.29) is 11.8 Å². The largest absolute Gasteiger partial charge is 0.491 e. The van der Waals surface area contributed by atoms with E-state index in [0.29, 0.717) is 24.5 Å². The van der Waals surface area contributed by atoms with Crippen molar-refractivity contribution in [2.45, 2.75) is 32.7 Å². The van der Waals surface area contributed by atoms with Crippen molar-refractivity contribution in [2.75, 3.05) is 13.2 Å². The van der Waals surface area contributed by atoms with Gasteiger partial charge in [0.25, 0.3) is 5.69 Å². The Morgan fingerprint density at radius 3 is 2.79 bits per heavy atom. The van der Waals surface area contributed by atoms with Crippen LogP contribution in [-0.4, -0.2) is 30.0 Å². The summed E-state index contributed by atoms with van der Waals surface area (Å²) in [6, 6.07) is 4.69. The molecule has 0 bridgehead atoms. The average molecular weight is 267 g/mol. The molecule has 1 fully saturated rings. The molecular weight excluding hydrogens is 250 g/mol. The van der Waals surface area contributed by atoms with Crippen molar-refractivity contribution in [1.82, 2.24) is 0 Å². The molecule has 0 amide bonds. The molecule has 0 spiro atoms. The van der Waals surface area contributed by atoms with Gasteiger partial charge in [-0.05, 0) is 32.9 Å². The van der Waals surface area contributed by atoms with E-state index < -0.39 is 10.7 Å². The van der Waals surface area contributed by atoms with Crippen molar-refractivity contribution in [3.05, 3.63) is 33.9 Å². The molecule has 1 unspecified atom stereocenters. The standard InChI is InChI=1S/C13H17NO5/c1-9-6-10(4-5-12(9)14(15)16)17-7-11-8-18-13(2,3)19-11/h4-6,11H,7-8H2,1-3H3. The van der Waals surface area contributed by atoms with Crippen LogP contribution in [0.2, 0.25) is 0 Å². The Morgan fingerprint density at radius 2 is 2.26 bits per heavy atom. The summed E-state index contributed by atoms with van der Waals surface area (Å²) < 4.78 is 16.6. The van der Waals surface area contributed by atoms with Crippen molar-refractivity contribution in [3.8, 4) is 5.75 Å². The number of nitro groups is 1. The molecular formula is C13H17NO5. The maximum Gasteiger partial charge on any atom is 0.272 e. The lowest BCUT2D eigenvalue weighted by molar-refractivity contribution is -0.385. The highest BCUT2D eigenvalue weighted by atomic mass is 16.7. The van der Waals surface area contributed by atoms with E-state index in [1.807, 2.05) is 13.8 Å². The minimum absolute atomic E-state index is 0.0916. The molecule has 19 heavy (non-hydrogen) atoms. The third kappa shape index (κ3) is 3.42. The van der Waals surface area contributed by atoms with Gasteiger partial charge < -0.3 is 14.2 Å². The minimum atomic E-state index is -0.570. The van der Waals surface area contributed by atoms with Gasteiger partial charge in [-0.3, -0.25) is 10.1 Å². The molecule has 0 radical (unpaired) electrons. The van der Waals surface area contributed by atoms with Crippen molar-refractivity contribution in [1.29, 1.82) is 0 Å². The molecule has 0 N–H and O–H groups in total. The van der Waals surface area contributed by atoms with Crippen LogP contribution in [0.5, 0.6) is 5.75 Å². The van der Waals surface area contributed by atoms with Crippen LogP contribution >= 0.6 is 0 Å². The fraction of sp³-hybridized carbons (Fsp3) is 0.538. The van der Waals surface area contributed by atoms with Gasteiger partial charge in [-0.2, -0.15) is 0 Å². The fourth-order valence-corrected chi connectivity index (χ4v) is 1.96. The number of hydrogen-bond donors (Lipinski definition) is 0. The fourth-order valence-electron chi connectivity index (χ4n) is 1.96. The predicted molar refractivity (Wildman–Crippen MR) is 68.2 cm³/mol. The van der Waals surface area contributed by atoms with Crippen LogP contribution < -0.4 is 4.74 Å². The number of rotatable bonds is 4. The van der Waals surface area contributed by atoms with Gasteiger partial charge in [0, 0.05) is 11.6 Å². The van der Waals surface area contributed by atoms with E-state index >= 15 is 0 Å². The monoisotopic (exact) mass is 267 g/mol. The van der Waals surface area contributed by atoms with Gasteiger partial charge in [-0.15, -0.1) is 0 Å². The van der Waals surface area contributed by atoms with Gasteiger partial charge in [-0.1, -0.05) is 0 Å². The van der Waals surface area contributed by atoms with E-state index in [1.165, 1.54) is 6.07 Å². The number of ether oxygens (including phenoxy) is 3. The Balaban J connectivity index is 1.94. The van der Waals surface area contributed by atoms with Gasteiger partial charge in [0.1, 0.15) is 18.5 Å². The number of nitrogens with zero attached hydrogens (tertiary/aromatic N) is 1. The van der Waals surface area contributed by atoms with Crippen LogP contribution in [-0.2, 0) is 9.47 Å². The molecule has 1 aliphatic heterocycles. The molecule has 1 aliphatic rings. The third-order valence-corrected chi connectivity index (χ3v) is 2.87. The van der Waals surface area contributed by atoms with E-state index in [4.69, 9.17) is 14.2 Å². The molecule has 1 heterocycles. The first-order chi connectivity index (χ1) is 8.87. The van der Waals surface area contributed by atoms with Crippen molar-refractivity contribution < 1.29 is 19.1 Å². The second-order valence-electron chi connectivity index (χ2n) is 4.97. The zero-order valence-corrected chi connectivity index (χ0v) is 11.2. The molecule has 1 saturated heterocycles. The highest BCUT2D eigenvalue weighted by Gasteiger charge is 2.32. The summed E-state index contributed by atoms with van der Waals surface area (Å²) in [4.78, 5) is 10.3. The average Bonchev–Trinajstić information content (AvgIpc) is 2.66. The Hall–Kier alpha value is -1.66. The number of nitro benzene ring substituents is 1. The molecule has 1 atom stereocenters. The summed E-state index contributed by atoms with van der Waals surface area (Å²) in [6.45, 7) is 6.23. The molecule has 0 aliphatic carbocycles. The first-order valence-corrected chi connectivity index (χ1v) is 6.07. The quantitative estimate of drug-likeness (QED) is 0.619. The van der Waals surface area contributed by atoms with E-state index in [1.54, 1.807) is 19.1 Å². The smallest absolute Gasteiger partial charge is 0.272 e. The summed E-state index contributed by atoms with van der Waals surface area (Å²) >= 11 is 0. The summed E-state index contributed by atoms with van der Waals surface area (Å²) in [5.41, 5.74) is 0.667. The summed E-state index contributed by atoms with van der Waals surface area (Å²) in [7, 11) is 0. The molecule has 1 aromatic rings. The van der Waals surface area contributed by atoms with Crippen LogP contribution in [0, 0.1) is 17.0 Å². The zero-order valence-electron chi connectivity index (χ0n) is 11.2. The lowest BCUT2D eigenvalue weighted by Crippen LogP contribution is -2.25. The molecule has 0 saturated carbocycles. The summed E-state index contributed by atoms with van der Waals surface area (Å²) in [6.07, 6.45) is -0.120. The van der Waals surface area contributed by atoms with Crippen molar-refractivity contribution in [2.24, 2.45) is 0 Å². The van der Waals surface area contributed by atoms with E-state index in [0.717, 1.165) is 0 Å². The normalized spacial score (nSPS) is 21.3. The lowest BCUT2D eigenvalue weighted by atomic mass is 10.2. The van der Waals surface area contributed by atoms with Crippen LogP contribution in [0.25, 0.3) is 0 Å². The first kappa shape index (κ1) is 13.8. The first-order valence-electron chi connectivity index (χ1n) is 6.07. The molecule has 104 valence electrons. The van der Waals surface area contributed by atoms with Crippen LogP contribution in [0.15, 0.2) is 18.2 Å². The van der Waals surface area contributed by atoms with Crippen LogP contribution in [0.4, 0.5) is 5.69 Å². The van der Waals surface area contributed by atoms with Crippen LogP contribution in [0.3, 0.4) is 0 Å². The van der Waals surface area contributed by atoms with Crippen molar-refractivity contribution >= 4 is 5.69 Å². The molecule has 1 aromatic carbocycles. The van der Waals surface area contributed by atoms with E-state index in [2.05, 4.69) is 0 Å².